The summed E-state index contributed by atoms with van der Waals surface area (Å²) < 4.78 is 5.56. The van der Waals surface area contributed by atoms with Crippen molar-refractivity contribution in [3.63, 3.8) is 0 Å². The normalized spacial score (nSPS) is 10.4. The van der Waals surface area contributed by atoms with Crippen LogP contribution in [-0.4, -0.2) is 24.8 Å². The molecule has 0 radical (unpaired) electrons. The summed E-state index contributed by atoms with van der Waals surface area (Å²) in [6, 6.07) is 18.5. The molecule has 0 atom stereocenters. The number of aryl methyl sites for hydroxylation is 1. The molecule has 7 heteroatoms. The zero-order chi connectivity index (χ0) is 24.0. The quantitative estimate of drug-likeness (QED) is 0.314. The lowest BCUT2D eigenvalue weighted by Gasteiger charge is -2.15. The van der Waals surface area contributed by atoms with E-state index in [4.69, 9.17) is 15.9 Å². The zero-order valence-corrected chi connectivity index (χ0v) is 19.0. The van der Waals surface area contributed by atoms with Crippen LogP contribution < -0.4 is 21.1 Å². The molecule has 33 heavy (non-hydrogen) atoms. The molecule has 170 valence electrons. The number of nitrogens with two attached hydrogens (primary N) is 1. The SMILES string of the molecule is COc1ccc(C(=O)NCc2ccc(C(=N)N)cc2)cc1-c1cc(CNC(C)=O)ccc1C. The highest BCUT2D eigenvalue weighted by molar-refractivity contribution is 5.96. The number of amides is 2. The van der Waals surface area contributed by atoms with Crippen molar-refractivity contribution in [2.75, 3.05) is 7.11 Å². The lowest BCUT2D eigenvalue weighted by Crippen LogP contribution is -2.23. The fourth-order valence-electron chi connectivity index (χ4n) is 3.44. The van der Waals surface area contributed by atoms with Crippen molar-refractivity contribution in [2.24, 2.45) is 5.73 Å². The van der Waals surface area contributed by atoms with Gasteiger partial charge in [0.15, 0.2) is 0 Å². The molecule has 0 heterocycles. The van der Waals surface area contributed by atoms with Gasteiger partial charge in [-0.2, -0.15) is 0 Å². The van der Waals surface area contributed by atoms with Crippen molar-refractivity contribution < 1.29 is 14.3 Å². The van der Waals surface area contributed by atoms with E-state index in [0.717, 1.165) is 27.8 Å². The third kappa shape index (κ3) is 5.98. The Balaban J connectivity index is 1.83. The highest BCUT2D eigenvalue weighted by atomic mass is 16.5. The van der Waals surface area contributed by atoms with Gasteiger partial charge in [0.05, 0.1) is 7.11 Å². The average molecular weight is 445 g/mol. The van der Waals surface area contributed by atoms with Crippen LogP contribution in [0.3, 0.4) is 0 Å². The standard InChI is InChI=1S/C26H28N4O3/c1-16-4-5-19(15-29-17(2)31)12-22(16)23-13-21(10-11-24(23)33-3)26(32)30-14-18-6-8-20(9-7-18)25(27)28/h4-13H,14-15H2,1-3H3,(H3,27,28)(H,29,31)(H,30,32). The van der Waals surface area contributed by atoms with E-state index in [9.17, 15) is 9.59 Å². The van der Waals surface area contributed by atoms with E-state index in [1.54, 1.807) is 31.4 Å². The number of benzene rings is 3. The second kappa shape index (κ2) is 10.5. The van der Waals surface area contributed by atoms with Crippen molar-refractivity contribution >= 4 is 17.6 Å². The van der Waals surface area contributed by atoms with Crippen LogP contribution in [-0.2, 0) is 17.9 Å². The molecule has 0 unspecified atom stereocenters. The monoisotopic (exact) mass is 444 g/mol. The van der Waals surface area contributed by atoms with Gasteiger partial charge in [-0.05, 0) is 53.4 Å². The number of carbonyl (C=O) groups excluding carboxylic acids is 2. The summed E-state index contributed by atoms with van der Waals surface area (Å²) in [5, 5.41) is 13.2. The van der Waals surface area contributed by atoms with Crippen molar-refractivity contribution in [1.82, 2.24) is 10.6 Å². The molecule has 0 aliphatic heterocycles. The summed E-state index contributed by atoms with van der Waals surface area (Å²) >= 11 is 0. The zero-order valence-electron chi connectivity index (χ0n) is 19.0. The van der Waals surface area contributed by atoms with E-state index >= 15 is 0 Å². The van der Waals surface area contributed by atoms with Gasteiger partial charge in [0.2, 0.25) is 5.91 Å². The van der Waals surface area contributed by atoms with Crippen molar-refractivity contribution in [3.8, 4) is 16.9 Å². The number of nitrogen functional groups attached to an aromatic ring is 1. The van der Waals surface area contributed by atoms with E-state index < -0.39 is 0 Å². The number of rotatable bonds is 8. The molecule has 2 amide bonds. The van der Waals surface area contributed by atoms with Crippen LogP contribution in [0.2, 0.25) is 0 Å². The van der Waals surface area contributed by atoms with Crippen LogP contribution in [0.25, 0.3) is 11.1 Å². The summed E-state index contributed by atoms with van der Waals surface area (Å²) in [6.45, 7) is 4.25. The predicted octanol–water partition coefficient (Wildman–Crippen LogP) is 3.52. The van der Waals surface area contributed by atoms with E-state index in [2.05, 4.69) is 10.6 Å². The molecule has 3 aromatic carbocycles. The van der Waals surface area contributed by atoms with Crippen molar-refractivity contribution in [1.29, 1.82) is 5.41 Å². The Morgan fingerprint density at radius 2 is 1.52 bits per heavy atom. The molecule has 0 aliphatic rings. The number of amidine groups is 1. The minimum absolute atomic E-state index is 0.00721. The number of carbonyl (C=O) groups is 2. The van der Waals surface area contributed by atoms with Gasteiger partial charge in [-0.3, -0.25) is 15.0 Å². The summed E-state index contributed by atoms with van der Waals surface area (Å²) in [5.41, 5.74) is 11.3. The molecule has 3 aromatic rings. The molecule has 0 aliphatic carbocycles. The summed E-state index contributed by atoms with van der Waals surface area (Å²) in [5.74, 6) is 0.366. The first-order chi connectivity index (χ1) is 15.8. The molecule has 0 spiro atoms. The van der Waals surface area contributed by atoms with Gasteiger partial charge < -0.3 is 21.1 Å². The van der Waals surface area contributed by atoms with Gasteiger partial charge in [0.25, 0.3) is 5.91 Å². The lowest BCUT2D eigenvalue weighted by atomic mass is 9.95. The Morgan fingerprint density at radius 1 is 0.879 bits per heavy atom. The van der Waals surface area contributed by atoms with Crippen LogP contribution in [0.4, 0.5) is 0 Å². The molecule has 3 rings (SSSR count). The highest BCUT2D eigenvalue weighted by Gasteiger charge is 2.14. The van der Waals surface area contributed by atoms with Gasteiger partial charge in [0, 0.05) is 36.7 Å². The first-order valence-corrected chi connectivity index (χ1v) is 10.5. The van der Waals surface area contributed by atoms with Gasteiger partial charge >= 0.3 is 0 Å². The Bertz CT molecular complexity index is 1190. The van der Waals surface area contributed by atoms with E-state index in [1.165, 1.54) is 6.92 Å². The predicted molar refractivity (Wildman–Crippen MR) is 129 cm³/mol. The second-order valence-electron chi connectivity index (χ2n) is 7.77. The molecule has 0 fully saturated rings. The number of hydrogen-bond donors (Lipinski definition) is 4. The second-order valence-corrected chi connectivity index (χ2v) is 7.77. The van der Waals surface area contributed by atoms with Crippen LogP contribution >= 0.6 is 0 Å². The molecule has 0 saturated carbocycles. The maximum absolute atomic E-state index is 12.9. The van der Waals surface area contributed by atoms with Crippen molar-refractivity contribution in [3.05, 3.63) is 88.5 Å². The third-order valence-electron chi connectivity index (χ3n) is 5.31. The highest BCUT2D eigenvalue weighted by Crippen LogP contribution is 2.34. The van der Waals surface area contributed by atoms with Crippen molar-refractivity contribution in [2.45, 2.75) is 26.9 Å². The third-order valence-corrected chi connectivity index (χ3v) is 5.31. The molecule has 5 N–H and O–H groups in total. The summed E-state index contributed by atoms with van der Waals surface area (Å²) in [6.07, 6.45) is 0. The molecule has 7 nitrogen and oxygen atoms in total. The molecular weight excluding hydrogens is 416 g/mol. The van der Waals surface area contributed by atoms with Crippen LogP contribution in [0.5, 0.6) is 5.75 Å². The maximum Gasteiger partial charge on any atom is 0.251 e. The number of ether oxygens (including phenoxy) is 1. The fraction of sp³-hybridized carbons (Fsp3) is 0.192. The largest absolute Gasteiger partial charge is 0.496 e. The van der Waals surface area contributed by atoms with E-state index in [1.807, 2.05) is 43.3 Å². The maximum atomic E-state index is 12.9. The Kier molecular flexibility index (Phi) is 7.46. The Morgan fingerprint density at radius 3 is 2.15 bits per heavy atom. The summed E-state index contributed by atoms with van der Waals surface area (Å²) in [4.78, 5) is 24.1. The van der Waals surface area contributed by atoms with E-state index in [-0.39, 0.29) is 17.6 Å². The number of nitrogens with one attached hydrogen (secondary N) is 3. The molecule has 0 bridgehead atoms. The Hall–Kier alpha value is -4.13. The fourth-order valence-corrected chi connectivity index (χ4v) is 3.44. The van der Waals surface area contributed by atoms with Crippen LogP contribution in [0.1, 0.15) is 39.5 Å². The number of hydrogen-bond acceptors (Lipinski definition) is 4. The van der Waals surface area contributed by atoms with Gasteiger partial charge in [-0.1, -0.05) is 36.4 Å². The number of methoxy groups -OCH3 is 1. The Labute approximate surface area is 193 Å². The summed E-state index contributed by atoms with van der Waals surface area (Å²) in [7, 11) is 1.60. The smallest absolute Gasteiger partial charge is 0.251 e. The molecular formula is C26H28N4O3. The lowest BCUT2D eigenvalue weighted by molar-refractivity contribution is -0.119. The average Bonchev–Trinajstić information content (AvgIpc) is 2.81. The van der Waals surface area contributed by atoms with E-state index in [0.29, 0.717) is 30.0 Å². The van der Waals surface area contributed by atoms with Gasteiger partial charge in [-0.25, -0.2) is 0 Å². The first kappa shape index (κ1) is 23.5. The topological polar surface area (TPSA) is 117 Å². The van der Waals surface area contributed by atoms with Crippen LogP contribution in [0.15, 0.2) is 60.7 Å². The van der Waals surface area contributed by atoms with Gasteiger partial charge in [0.1, 0.15) is 11.6 Å². The van der Waals surface area contributed by atoms with Crippen LogP contribution in [0, 0.1) is 12.3 Å². The minimum Gasteiger partial charge on any atom is -0.496 e. The molecule has 0 saturated heterocycles. The minimum atomic E-state index is -0.207. The molecule has 0 aromatic heterocycles. The van der Waals surface area contributed by atoms with Gasteiger partial charge in [-0.15, -0.1) is 0 Å². The first-order valence-electron chi connectivity index (χ1n) is 10.5.